The number of aliphatic hydroxyl groups excluding tert-OH is 1. The summed E-state index contributed by atoms with van der Waals surface area (Å²) >= 11 is 0. The van der Waals surface area contributed by atoms with Gasteiger partial charge in [-0.05, 0) is 54.5 Å². The first kappa shape index (κ1) is 26.9. The van der Waals surface area contributed by atoms with Gasteiger partial charge in [-0.1, -0.05) is 42.5 Å². The lowest BCUT2D eigenvalue weighted by atomic mass is 9.89. The van der Waals surface area contributed by atoms with Crippen LogP contribution in [0.25, 0.3) is 0 Å². The molecule has 39 heavy (non-hydrogen) atoms. The molecule has 0 unspecified atom stereocenters. The van der Waals surface area contributed by atoms with Crippen molar-refractivity contribution in [2.45, 2.75) is 43.9 Å². The maximum absolute atomic E-state index is 13.9. The number of hydrogen-bond donors (Lipinski definition) is 2. The third-order valence-electron chi connectivity index (χ3n) is 7.64. The lowest BCUT2D eigenvalue weighted by Gasteiger charge is -2.36. The van der Waals surface area contributed by atoms with Crippen LogP contribution in [0, 0.1) is 17.5 Å². The van der Waals surface area contributed by atoms with Crippen LogP contribution in [0.3, 0.4) is 0 Å². The molecule has 2 aliphatic heterocycles. The van der Waals surface area contributed by atoms with E-state index in [1.165, 1.54) is 0 Å². The van der Waals surface area contributed by atoms with E-state index in [0.29, 0.717) is 50.4 Å². The van der Waals surface area contributed by atoms with Crippen molar-refractivity contribution in [1.82, 2.24) is 9.80 Å². The van der Waals surface area contributed by atoms with Crippen LogP contribution in [-0.4, -0.2) is 58.5 Å². The van der Waals surface area contributed by atoms with E-state index in [0.717, 1.165) is 24.0 Å². The average molecular weight is 538 g/mol. The highest BCUT2D eigenvalue weighted by Crippen LogP contribution is 2.31. The number of nitrogens with one attached hydrogen (secondary N) is 1. The van der Waals surface area contributed by atoms with E-state index in [4.69, 9.17) is 0 Å². The molecule has 5 rings (SSSR count). The molecule has 9 heteroatoms. The maximum Gasteiger partial charge on any atom is 0.258 e. The van der Waals surface area contributed by atoms with E-state index in [9.17, 15) is 27.9 Å². The van der Waals surface area contributed by atoms with E-state index in [1.807, 2.05) is 47.4 Å². The molecule has 0 spiro atoms. The fourth-order valence-corrected chi connectivity index (χ4v) is 5.53. The zero-order valence-electron chi connectivity index (χ0n) is 21.3. The molecule has 2 heterocycles. The quantitative estimate of drug-likeness (QED) is 0.448. The van der Waals surface area contributed by atoms with Crippen LogP contribution in [0.15, 0.2) is 66.7 Å². The number of anilines is 1. The highest BCUT2D eigenvalue weighted by Gasteiger charge is 2.41. The van der Waals surface area contributed by atoms with E-state index in [2.05, 4.69) is 10.2 Å². The van der Waals surface area contributed by atoms with Gasteiger partial charge in [0.05, 0.1) is 11.7 Å². The largest absolute Gasteiger partial charge is 0.391 e. The minimum Gasteiger partial charge on any atom is -0.391 e. The molecule has 0 aliphatic carbocycles. The van der Waals surface area contributed by atoms with E-state index < -0.39 is 41.1 Å². The number of piperidine rings is 1. The molecule has 2 saturated heterocycles. The minimum absolute atomic E-state index is 0.0338. The molecule has 2 fully saturated rings. The van der Waals surface area contributed by atoms with Gasteiger partial charge < -0.3 is 15.3 Å². The van der Waals surface area contributed by atoms with Gasteiger partial charge >= 0.3 is 0 Å². The van der Waals surface area contributed by atoms with Crippen molar-refractivity contribution >= 4 is 17.5 Å². The van der Waals surface area contributed by atoms with Gasteiger partial charge in [-0.15, -0.1) is 0 Å². The Morgan fingerprint density at radius 2 is 1.59 bits per heavy atom. The van der Waals surface area contributed by atoms with Gasteiger partial charge in [0.25, 0.3) is 5.91 Å². The summed E-state index contributed by atoms with van der Waals surface area (Å²) in [5, 5.41) is 13.1. The second-order valence-electron chi connectivity index (χ2n) is 10.2. The number of carbonyl (C=O) groups excluding carboxylic acids is 2. The number of likely N-dealkylation sites (tertiary alicyclic amines) is 2. The van der Waals surface area contributed by atoms with Crippen molar-refractivity contribution in [2.75, 3.05) is 25.0 Å². The fraction of sp³-hybridized carbons (Fsp3) is 0.333. The second kappa shape index (κ2) is 11.6. The standard InChI is InChI=1S/C30H30F3N3O3/c31-22-16-24(27(33)25(32)17-22)29(38)34-23-8-6-20(7-9-23)21-10-13-35(14-11-21)30(39)28-26(37)12-15-36(28)18-19-4-2-1-3-5-19/h1-9,16-17,21,26,28,37H,10-15,18H2,(H,34,38)/t26-,28-/m0/s1. The predicted octanol–water partition coefficient (Wildman–Crippen LogP) is 4.70. The SMILES string of the molecule is O=C(Nc1ccc(C2CCN(C(=O)[C@@H]3[C@@H](O)CCN3Cc3ccccc3)CC2)cc1)c1cc(F)cc(F)c1F. The van der Waals surface area contributed by atoms with E-state index >= 15 is 0 Å². The lowest BCUT2D eigenvalue weighted by Crippen LogP contribution is -2.51. The summed E-state index contributed by atoms with van der Waals surface area (Å²) in [7, 11) is 0. The monoisotopic (exact) mass is 537 g/mol. The van der Waals surface area contributed by atoms with E-state index in [1.54, 1.807) is 12.1 Å². The molecule has 0 aromatic heterocycles. The highest BCUT2D eigenvalue weighted by atomic mass is 19.2. The van der Waals surface area contributed by atoms with Crippen molar-refractivity contribution in [3.63, 3.8) is 0 Å². The maximum atomic E-state index is 13.9. The van der Waals surface area contributed by atoms with Crippen LogP contribution < -0.4 is 5.32 Å². The zero-order valence-corrected chi connectivity index (χ0v) is 21.3. The van der Waals surface area contributed by atoms with Crippen LogP contribution in [0.5, 0.6) is 0 Å². The Labute approximate surface area is 225 Å². The first-order chi connectivity index (χ1) is 18.8. The summed E-state index contributed by atoms with van der Waals surface area (Å²) in [4.78, 5) is 29.6. The molecule has 204 valence electrons. The normalized spacial score (nSPS) is 20.3. The molecule has 2 aliphatic rings. The Hall–Kier alpha value is -3.69. The lowest BCUT2D eigenvalue weighted by molar-refractivity contribution is -0.140. The zero-order chi connectivity index (χ0) is 27.5. The smallest absolute Gasteiger partial charge is 0.258 e. The van der Waals surface area contributed by atoms with Crippen LogP contribution in [0.2, 0.25) is 0 Å². The summed E-state index contributed by atoms with van der Waals surface area (Å²) in [5.74, 6) is -4.63. The Kier molecular flexibility index (Phi) is 7.99. The molecule has 6 nitrogen and oxygen atoms in total. The van der Waals surface area contributed by atoms with Gasteiger partial charge in [-0.2, -0.15) is 0 Å². The number of aliphatic hydroxyl groups is 1. The van der Waals surface area contributed by atoms with Crippen molar-refractivity contribution in [2.24, 2.45) is 0 Å². The fourth-order valence-electron chi connectivity index (χ4n) is 5.53. The summed E-state index contributed by atoms with van der Waals surface area (Å²) in [5.41, 5.74) is 1.81. The molecule has 3 aromatic carbocycles. The van der Waals surface area contributed by atoms with Crippen molar-refractivity contribution in [1.29, 1.82) is 0 Å². The van der Waals surface area contributed by atoms with Crippen LogP contribution in [0.1, 0.15) is 46.7 Å². The Bertz CT molecular complexity index is 1330. The van der Waals surface area contributed by atoms with E-state index in [-0.39, 0.29) is 11.8 Å². The molecular weight excluding hydrogens is 507 g/mol. The van der Waals surface area contributed by atoms with Crippen molar-refractivity contribution in [3.8, 4) is 0 Å². The number of rotatable bonds is 6. The van der Waals surface area contributed by atoms with Gasteiger partial charge in [-0.25, -0.2) is 13.2 Å². The van der Waals surface area contributed by atoms with Crippen LogP contribution >= 0.6 is 0 Å². The summed E-state index contributed by atoms with van der Waals surface area (Å²) < 4.78 is 40.8. The Morgan fingerprint density at radius 3 is 2.28 bits per heavy atom. The topological polar surface area (TPSA) is 72.9 Å². The highest BCUT2D eigenvalue weighted by molar-refractivity contribution is 6.04. The summed E-state index contributed by atoms with van der Waals surface area (Å²) in [6.45, 7) is 2.45. The molecule has 2 amide bonds. The molecule has 2 atom stereocenters. The first-order valence-corrected chi connectivity index (χ1v) is 13.1. The van der Waals surface area contributed by atoms with Gasteiger partial charge in [0.1, 0.15) is 11.9 Å². The third-order valence-corrected chi connectivity index (χ3v) is 7.64. The number of nitrogens with zero attached hydrogens (tertiary/aromatic N) is 2. The molecular formula is C30H30F3N3O3. The Morgan fingerprint density at radius 1 is 0.897 bits per heavy atom. The minimum atomic E-state index is -1.42. The first-order valence-electron chi connectivity index (χ1n) is 13.1. The van der Waals surface area contributed by atoms with Crippen LogP contribution in [0.4, 0.5) is 18.9 Å². The second-order valence-corrected chi connectivity index (χ2v) is 10.2. The van der Waals surface area contributed by atoms with Crippen molar-refractivity contribution in [3.05, 3.63) is 101 Å². The van der Waals surface area contributed by atoms with Gasteiger partial charge in [0.2, 0.25) is 5.91 Å². The number of benzene rings is 3. The molecule has 0 saturated carbocycles. The van der Waals surface area contributed by atoms with Crippen molar-refractivity contribution < 1.29 is 27.9 Å². The van der Waals surface area contributed by atoms with Gasteiger partial charge in [-0.3, -0.25) is 14.5 Å². The Balaban J connectivity index is 1.17. The third kappa shape index (κ3) is 5.99. The number of hydrogen-bond acceptors (Lipinski definition) is 4. The average Bonchev–Trinajstić information content (AvgIpc) is 3.30. The molecule has 3 aromatic rings. The number of halogens is 3. The number of carbonyl (C=O) groups is 2. The summed E-state index contributed by atoms with van der Waals surface area (Å²) in [6.07, 6.45) is 1.40. The van der Waals surface area contributed by atoms with Gasteiger partial charge in [0.15, 0.2) is 11.6 Å². The van der Waals surface area contributed by atoms with Gasteiger partial charge in [0, 0.05) is 37.9 Å². The molecule has 2 N–H and O–H groups in total. The molecule has 0 bridgehead atoms. The molecule has 0 radical (unpaired) electrons. The predicted molar refractivity (Wildman–Crippen MR) is 141 cm³/mol. The number of amides is 2. The van der Waals surface area contributed by atoms with Crippen LogP contribution in [-0.2, 0) is 11.3 Å². The summed E-state index contributed by atoms with van der Waals surface area (Å²) in [6, 6.07) is 17.5.